The average molecular weight is 553 g/mol. The van der Waals surface area contributed by atoms with Crippen LogP contribution in [-0.2, 0) is 27.5 Å². The Morgan fingerprint density at radius 1 is 1.18 bits per heavy atom. The standard InChI is InChI=1S/C24H21F4N5O4S/c1-29-18-11-21(33(14-18)38(35,36)20-9-5-17(25)6-10-20)22(34)30-12-15-13-32(31-23(15)37-2)19-7-3-16(4-8-19)24(26,27)28/h1,3-10,13,18,21H,11-12,14H2,2H3/p+1/t18-,21+/m1/s1. The summed E-state index contributed by atoms with van der Waals surface area (Å²) < 4.78 is 85.7. The average Bonchev–Trinajstić information content (AvgIpc) is 3.52. The van der Waals surface area contributed by atoms with Crippen LogP contribution in [0.2, 0.25) is 0 Å². The minimum absolute atomic E-state index is 0.0324. The summed E-state index contributed by atoms with van der Waals surface area (Å²) in [5, 5.41) is 6.83. The van der Waals surface area contributed by atoms with Crippen molar-refractivity contribution < 1.29 is 35.5 Å². The van der Waals surface area contributed by atoms with Crippen LogP contribution in [0.15, 0.2) is 59.6 Å². The van der Waals surface area contributed by atoms with Crippen LogP contribution in [0.5, 0.6) is 5.88 Å². The van der Waals surface area contributed by atoms with E-state index >= 15 is 0 Å². The molecule has 0 spiro atoms. The second kappa shape index (κ2) is 10.4. The summed E-state index contributed by atoms with van der Waals surface area (Å²) in [6.07, 6.45) is -2.98. The van der Waals surface area contributed by atoms with E-state index in [1.54, 1.807) is 0 Å². The van der Waals surface area contributed by atoms with Crippen LogP contribution in [0.25, 0.3) is 10.5 Å². The molecular formula is C24H22F4N5O4S+. The summed E-state index contributed by atoms with van der Waals surface area (Å²) in [7, 11) is -2.83. The molecule has 2 atom stereocenters. The van der Waals surface area contributed by atoms with Gasteiger partial charge < -0.3 is 10.1 Å². The number of ether oxygens (including phenoxy) is 1. The van der Waals surface area contributed by atoms with Gasteiger partial charge in [-0.25, -0.2) is 17.5 Å². The number of nitrogens with one attached hydrogen (secondary N) is 1. The lowest BCUT2D eigenvalue weighted by molar-refractivity contribution is -0.137. The summed E-state index contributed by atoms with van der Waals surface area (Å²) in [5.41, 5.74) is -0.0903. The van der Waals surface area contributed by atoms with Crippen molar-refractivity contribution >= 4 is 15.9 Å². The SMILES string of the molecule is C#[N+][C@@H]1C[C@@H](C(=O)NCc2cn(-c3ccc(C(F)(F)F)cc3)nc2OC)N(S(=O)(=O)c2ccc(F)cc2)C1. The van der Waals surface area contributed by atoms with Crippen molar-refractivity contribution in [2.75, 3.05) is 13.7 Å². The molecule has 9 nitrogen and oxygen atoms in total. The number of nitrogens with zero attached hydrogens (tertiary/aromatic N) is 4. The molecule has 0 radical (unpaired) electrons. The fourth-order valence-electron chi connectivity index (χ4n) is 4.06. The molecule has 1 aromatic heterocycles. The number of carbonyl (C=O) groups is 1. The van der Waals surface area contributed by atoms with Crippen molar-refractivity contribution in [2.24, 2.45) is 0 Å². The van der Waals surface area contributed by atoms with E-state index in [-0.39, 0.29) is 30.3 Å². The first-order chi connectivity index (χ1) is 17.9. The molecule has 0 unspecified atom stereocenters. The van der Waals surface area contributed by atoms with Crippen LogP contribution in [-0.4, -0.2) is 54.1 Å². The van der Waals surface area contributed by atoms with Crippen molar-refractivity contribution in [1.29, 1.82) is 0 Å². The van der Waals surface area contributed by atoms with E-state index in [0.29, 0.717) is 11.3 Å². The van der Waals surface area contributed by atoms with E-state index in [1.165, 1.54) is 30.1 Å². The van der Waals surface area contributed by atoms with Crippen LogP contribution < -0.4 is 10.1 Å². The number of amides is 1. The molecule has 0 bridgehead atoms. The summed E-state index contributed by atoms with van der Waals surface area (Å²) in [5.74, 6) is -1.13. The number of rotatable bonds is 7. The van der Waals surface area contributed by atoms with Crippen LogP contribution in [0.3, 0.4) is 0 Å². The molecule has 38 heavy (non-hydrogen) atoms. The molecule has 1 N–H and O–H groups in total. The number of methoxy groups -OCH3 is 1. The van der Waals surface area contributed by atoms with Gasteiger partial charge in [-0.15, -0.1) is 5.10 Å². The predicted octanol–water partition coefficient (Wildman–Crippen LogP) is 3.45. The van der Waals surface area contributed by atoms with Crippen molar-refractivity contribution in [3.8, 4) is 18.1 Å². The Hall–Kier alpha value is -3.96. The van der Waals surface area contributed by atoms with E-state index in [4.69, 9.17) is 11.3 Å². The fourth-order valence-corrected chi connectivity index (χ4v) is 5.70. The third-order valence-electron chi connectivity index (χ3n) is 6.02. The van der Waals surface area contributed by atoms with Gasteiger partial charge in [0, 0.05) is 12.7 Å². The zero-order chi connectivity index (χ0) is 27.7. The number of aromatic nitrogens is 2. The molecule has 3 aromatic rings. The van der Waals surface area contributed by atoms with Gasteiger partial charge in [0.1, 0.15) is 11.9 Å². The Kier molecular flexibility index (Phi) is 7.43. The zero-order valence-corrected chi connectivity index (χ0v) is 20.7. The molecule has 4 rings (SSSR count). The third-order valence-corrected chi connectivity index (χ3v) is 7.91. The highest BCUT2D eigenvalue weighted by molar-refractivity contribution is 7.89. The summed E-state index contributed by atoms with van der Waals surface area (Å²) in [6.45, 7) is 5.13. The number of hydrogen-bond acceptors (Lipinski definition) is 5. The van der Waals surface area contributed by atoms with Gasteiger partial charge in [0.05, 0.1) is 41.8 Å². The maximum absolute atomic E-state index is 13.3. The van der Waals surface area contributed by atoms with E-state index in [0.717, 1.165) is 40.7 Å². The van der Waals surface area contributed by atoms with Gasteiger partial charge in [-0.05, 0) is 48.5 Å². The van der Waals surface area contributed by atoms with Gasteiger partial charge in [0.15, 0.2) is 0 Å². The second-order valence-corrected chi connectivity index (χ2v) is 10.3. The van der Waals surface area contributed by atoms with Crippen LogP contribution >= 0.6 is 0 Å². The van der Waals surface area contributed by atoms with Gasteiger partial charge >= 0.3 is 6.18 Å². The molecule has 1 amide bonds. The summed E-state index contributed by atoms with van der Waals surface area (Å²) in [4.78, 5) is 16.6. The largest absolute Gasteiger partial charge is 0.480 e. The molecule has 2 aromatic carbocycles. The molecule has 0 aliphatic carbocycles. The van der Waals surface area contributed by atoms with Crippen molar-refractivity contribution in [2.45, 2.75) is 36.1 Å². The second-order valence-electron chi connectivity index (χ2n) is 8.45. The van der Waals surface area contributed by atoms with E-state index in [1.807, 2.05) is 0 Å². The van der Waals surface area contributed by atoms with Crippen molar-refractivity contribution in [3.05, 3.63) is 76.5 Å². The Bertz CT molecular complexity index is 1470. The minimum Gasteiger partial charge on any atom is -0.480 e. The molecule has 1 saturated heterocycles. The maximum atomic E-state index is 13.3. The van der Waals surface area contributed by atoms with E-state index in [9.17, 15) is 30.8 Å². The van der Waals surface area contributed by atoms with Crippen LogP contribution in [0.1, 0.15) is 17.5 Å². The highest BCUT2D eigenvalue weighted by atomic mass is 32.2. The highest BCUT2D eigenvalue weighted by Crippen LogP contribution is 2.31. The van der Waals surface area contributed by atoms with Gasteiger partial charge in [-0.1, -0.05) is 4.85 Å². The van der Waals surface area contributed by atoms with Gasteiger partial charge in [0.2, 0.25) is 21.8 Å². The minimum atomic E-state index is -4.48. The van der Waals surface area contributed by atoms with Crippen LogP contribution in [0, 0.1) is 12.4 Å². The number of carbonyl (C=O) groups excluding carboxylic acids is 1. The normalized spacial score (nSPS) is 18.2. The van der Waals surface area contributed by atoms with E-state index in [2.05, 4.69) is 15.3 Å². The third kappa shape index (κ3) is 5.48. The Morgan fingerprint density at radius 2 is 1.84 bits per heavy atom. The monoisotopic (exact) mass is 552 g/mol. The number of sulfonamides is 1. The van der Waals surface area contributed by atoms with Gasteiger partial charge in [-0.2, -0.15) is 17.5 Å². The van der Waals surface area contributed by atoms with Crippen molar-refractivity contribution in [1.82, 2.24) is 19.4 Å². The molecule has 14 heteroatoms. The molecule has 1 fully saturated rings. The number of halogens is 4. The Labute approximate surface area is 215 Å². The maximum Gasteiger partial charge on any atom is 0.416 e. The number of benzene rings is 2. The zero-order valence-electron chi connectivity index (χ0n) is 19.9. The topological polar surface area (TPSA) is 97.9 Å². The fraction of sp³-hybridized carbons (Fsp3) is 0.292. The van der Waals surface area contributed by atoms with Gasteiger partial charge in [-0.3, -0.25) is 4.79 Å². The van der Waals surface area contributed by atoms with Gasteiger partial charge in [0.25, 0.3) is 12.6 Å². The lowest BCUT2D eigenvalue weighted by Gasteiger charge is -2.22. The first-order valence-electron chi connectivity index (χ1n) is 11.2. The predicted molar refractivity (Wildman–Crippen MR) is 128 cm³/mol. The first kappa shape index (κ1) is 27.1. The highest BCUT2D eigenvalue weighted by Gasteiger charge is 2.48. The quantitative estimate of drug-likeness (QED) is 0.453. The molecule has 0 saturated carbocycles. The smallest absolute Gasteiger partial charge is 0.416 e. The van der Waals surface area contributed by atoms with E-state index < -0.39 is 45.6 Å². The Morgan fingerprint density at radius 3 is 2.42 bits per heavy atom. The molecule has 2 heterocycles. The molecule has 200 valence electrons. The molecule has 1 aliphatic rings. The lowest BCUT2D eigenvalue weighted by atomic mass is 10.1. The molecule has 1 aliphatic heterocycles. The van der Waals surface area contributed by atoms with Crippen LogP contribution in [0.4, 0.5) is 17.6 Å². The summed E-state index contributed by atoms with van der Waals surface area (Å²) >= 11 is 0. The number of hydrogen-bond donors (Lipinski definition) is 1. The van der Waals surface area contributed by atoms with Crippen molar-refractivity contribution in [3.63, 3.8) is 0 Å². The lowest BCUT2D eigenvalue weighted by Crippen LogP contribution is -2.45. The summed E-state index contributed by atoms with van der Waals surface area (Å²) in [6, 6.07) is 6.76. The Balaban J connectivity index is 1.52. The number of alkyl halides is 3. The first-order valence-corrected chi connectivity index (χ1v) is 12.6. The molecular weight excluding hydrogens is 530 g/mol.